The molecule has 0 radical (unpaired) electrons. The van der Waals surface area contributed by atoms with Crippen LogP contribution in [0.5, 0.6) is 17.2 Å². The molecule has 5 nitrogen and oxygen atoms in total. The third-order valence-corrected chi connectivity index (χ3v) is 5.02. The molecule has 7 heteroatoms. The van der Waals surface area contributed by atoms with Gasteiger partial charge in [0.1, 0.15) is 23.9 Å². The van der Waals surface area contributed by atoms with Crippen LogP contribution >= 0.6 is 23.2 Å². The number of rotatable bonds is 7. The smallest absolute Gasteiger partial charge is 0.255 e. The van der Waals surface area contributed by atoms with Gasteiger partial charge in [0.25, 0.3) is 5.91 Å². The zero-order valence-corrected chi connectivity index (χ0v) is 17.4. The van der Waals surface area contributed by atoms with Crippen molar-refractivity contribution in [2.24, 2.45) is 0 Å². The van der Waals surface area contributed by atoms with Crippen LogP contribution in [0, 0.1) is 0 Å². The van der Waals surface area contributed by atoms with E-state index in [1.165, 1.54) is 0 Å². The van der Waals surface area contributed by atoms with Gasteiger partial charge in [-0.15, -0.1) is 0 Å². The lowest BCUT2D eigenvalue weighted by atomic mass is 10.1. The molecule has 0 unspecified atom stereocenters. The van der Waals surface area contributed by atoms with E-state index in [1.807, 2.05) is 24.3 Å². The Morgan fingerprint density at radius 3 is 2.34 bits per heavy atom. The summed E-state index contributed by atoms with van der Waals surface area (Å²) in [4.78, 5) is 12.7. The van der Waals surface area contributed by atoms with Crippen LogP contribution in [0.3, 0.4) is 0 Å². The summed E-state index contributed by atoms with van der Waals surface area (Å²) in [5, 5.41) is 3.43. The number of nitrogens with one attached hydrogen (secondary N) is 1. The minimum Gasteiger partial charge on any atom is -0.497 e. The van der Waals surface area contributed by atoms with Crippen LogP contribution in [-0.4, -0.2) is 20.1 Å². The van der Waals surface area contributed by atoms with Crippen molar-refractivity contribution in [2.75, 3.05) is 19.5 Å². The van der Waals surface area contributed by atoms with Crippen molar-refractivity contribution in [3.63, 3.8) is 0 Å². The van der Waals surface area contributed by atoms with E-state index in [-0.39, 0.29) is 12.5 Å². The Morgan fingerprint density at radius 1 is 0.931 bits per heavy atom. The molecule has 3 aromatic carbocycles. The number of halogens is 2. The summed E-state index contributed by atoms with van der Waals surface area (Å²) in [6.45, 7) is 0.231. The third-order valence-electron chi connectivity index (χ3n) is 4.20. The SMILES string of the molecule is COc1ccc(OCc2cc(C(=O)Nc3cccc(Cl)c3Cl)ccc2OC)cc1. The standard InChI is InChI=1S/C22H19Cl2NO4/c1-27-16-7-9-17(10-8-16)29-13-15-12-14(6-11-20(15)28-2)22(26)25-19-5-3-4-18(23)21(19)24/h3-12H,13H2,1-2H3,(H,25,26). The fraction of sp³-hybridized carbons (Fsp3) is 0.136. The molecule has 3 rings (SSSR count). The van der Waals surface area contributed by atoms with Crippen LogP contribution in [0.4, 0.5) is 5.69 Å². The summed E-state index contributed by atoms with van der Waals surface area (Å²) in [6, 6.07) is 17.4. The van der Waals surface area contributed by atoms with Gasteiger partial charge in [-0.05, 0) is 54.6 Å². The van der Waals surface area contributed by atoms with Gasteiger partial charge in [-0.25, -0.2) is 0 Å². The maximum Gasteiger partial charge on any atom is 0.255 e. The predicted octanol–water partition coefficient (Wildman–Crippen LogP) is 5.84. The van der Waals surface area contributed by atoms with E-state index in [2.05, 4.69) is 5.32 Å². The molecule has 0 fully saturated rings. The van der Waals surface area contributed by atoms with Crippen LogP contribution in [0.2, 0.25) is 10.0 Å². The lowest BCUT2D eigenvalue weighted by Crippen LogP contribution is -2.13. The minimum atomic E-state index is -0.317. The highest BCUT2D eigenvalue weighted by Crippen LogP contribution is 2.30. The number of anilines is 1. The molecule has 1 N–H and O–H groups in total. The van der Waals surface area contributed by atoms with Crippen molar-refractivity contribution in [1.82, 2.24) is 0 Å². The molecule has 0 aliphatic rings. The lowest BCUT2D eigenvalue weighted by Gasteiger charge is -2.13. The first-order valence-electron chi connectivity index (χ1n) is 8.71. The molecule has 0 aliphatic heterocycles. The summed E-state index contributed by atoms with van der Waals surface area (Å²) in [5.41, 5.74) is 1.61. The lowest BCUT2D eigenvalue weighted by molar-refractivity contribution is 0.102. The molecule has 0 bridgehead atoms. The van der Waals surface area contributed by atoms with Crippen molar-refractivity contribution in [1.29, 1.82) is 0 Å². The number of carbonyl (C=O) groups is 1. The normalized spacial score (nSPS) is 10.3. The van der Waals surface area contributed by atoms with E-state index in [9.17, 15) is 4.79 Å². The fourth-order valence-corrected chi connectivity index (χ4v) is 3.01. The van der Waals surface area contributed by atoms with E-state index >= 15 is 0 Å². The maximum absolute atomic E-state index is 12.7. The number of benzene rings is 3. The monoisotopic (exact) mass is 431 g/mol. The van der Waals surface area contributed by atoms with Crippen LogP contribution in [0.1, 0.15) is 15.9 Å². The first-order chi connectivity index (χ1) is 14.0. The summed E-state index contributed by atoms with van der Waals surface area (Å²) < 4.78 is 16.3. The maximum atomic E-state index is 12.7. The quantitative estimate of drug-likeness (QED) is 0.510. The van der Waals surface area contributed by atoms with Gasteiger partial charge in [0, 0.05) is 11.1 Å². The molecule has 29 heavy (non-hydrogen) atoms. The average Bonchev–Trinajstić information content (AvgIpc) is 2.75. The van der Waals surface area contributed by atoms with Gasteiger partial charge in [-0.1, -0.05) is 29.3 Å². The van der Waals surface area contributed by atoms with Crippen molar-refractivity contribution < 1.29 is 19.0 Å². The van der Waals surface area contributed by atoms with Gasteiger partial charge in [0.15, 0.2) is 0 Å². The Hall–Kier alpha value is -2.89. The van der Waals surface area contributed by atoms with E-state index in [4.69, 9.17) is 37.4 Å². The molecular weight excluding hydrogens is 413 g/mol. The Balaban J connectivity index is 1.76. The van der Waals surface area contributed by atoms with E-state index in [1.54, 1.807) is 50.6 Å². The zero-order chi connectivity index (χ0) is 20.8. The minimum absolute atomic E-state index is 0.231. The second-order valence-electron chi connectivity index (χ2n) is 6.05. The summed E-state index contributed by atoms with van der Waals surface area (Å²) in [6.07, 6.45) is 0. The number of hydrogen-bond acceptors (Lipinski definition) is 4. The second-order valence-corrected chi connectivity index (χ2v) is 6.83. The third kappa shape index (κ3) is 5.13. The molecule has 0 atom stereocenters. The molecule has 0 spiro atoms. The molecule has 0 heterocycles. The van der Waals surface area contributed by atoms with Crippen LogP contribution in [0.15, 0.2) is 60.7 Å². The van der Waals surface area contributed by atoms with E-state index < -0.39 is 0 Å². The van der Waals surface area contributed by atoms with Crippen molar-refractivity contribution >= 4 is 34.8 Å². The first kappa shape index (κ1) is 20.8. The molecule has 1 amide bonds. The Morgan fingerprint density at radius 2 is 1.66 bits per heavy atom. The average molecular weight is 432 g/mol. The number of amides is 1. The number of methoxy groups -OCH3 is 2. The van der Waals surface area contributed by atoms with Gasteiger partial charge < -0.3 is 19.5 Å². The Labute approximate surface area is 179 Å². The Kier molecular flexibility index (Phi) is 6.86. The predicted molar refractivity (Wildman–Crippen MR) is 115 cm³/mol. The Bertz CT molecular complexity index is 1010. The first-order valence-corrected chi connectivity index (χ1v) is 9.46. The second kappa shape index (κ2) is 9.54. The van der Waals surface area contributed by atoms with Crippen molar-refractivity contribution in [3.8, 4) is 17.2 Å². The van der Waals surface area contributed by atoms with Crippen molar-refractivity contribution in [3.05, 3.63) is 81.8 Å². The van der Waals surface area contributed by atoms with Crippen LogP contribution < -0.4 is 19.5 Å². The summed E-state index contributed by atoms with van der Waals surface area (Å²) >= 11 is 12.1. The fourth-order valence-electron chi connectivity index (χ4n) is 2.66. The summed E-state index contributed by atoms with van der Waals surface area (Å²) in [5.74, 6) is 1.72. The number of hydrogen-bond donors (Lipinski definition) is 1. The number of ether oxygens (including phenoxy) is 3. The summed E-state index contributed by atoms with van der Waals surface area (Å²) in [7, 11) is 3.17. The highest BCUT2D eigenvalue weighted by molar-refractivity contribution is 6.44. The molecule has 0 aromatic heterocycles. The van der Waals surface area contributed by atoms with Crippen molar-refractivity contribution in [2.45, 2.75) is 6.61 Å². The largest absolute Gasteiger partial charge is 0.497 e. The van der Waals surface area contributed by atoms with Gasteiger partial charge >= 0.3 is 0 Å². The molecule has 0 saturated carbocycles. The van der Waals surface area contributed by atoms with Crippen LogP contribution in [-0.2, 0) is 6.61 Å². The molecule has 150 valence electrons. The number of carbonyl (C=O) groups excluding carboxylic acids is 1. The topological polar surface area (TPSA) is 56.8 Å². The molecule has 0 saturated heterocycles. The molecule has 3 aromatic rings. The van der Waals surface area contributed by atoms with Gasteiger partial charge in [0.2, 0.25) is 0 Å². The van der Waals surface area contributed by atoms with Gasteiger partial charge in [-0.3, -0.25) is 4.79 Å². The van der Waals surface area contributed by atoms with E-state index in [0.717, 1.165) is 11.3 Å². The van der Waals surface area contributed by atoms with Gasteiger partial charge in [-0.2, -0.15) is 0 Å². The highest BCUT2D eigenvalue weighted by atomic mass is 35.5. The van der Waals surface area contributed by atoms with Crippen LogP contribution in [0.25, 0.3) is 0 Å². The zero-order valence-electron chi connectivity index (χ0n) is 15.9. The van der Waals surface area contributed by atoms with E-state index in [0.29, 0.717) is 32.8 Å². The molecule has 0 aliphatic carbocycles. The highest BCUT2D eigenvalue weighted by Gasteiger charge is 2.13. The van der Waals surface area contributed by atoms with Gasteiger partial charge in [0.05, 0.1) is 30.0 Å². The molecular formula is C22H19Cl2NO4.